The van der Waals surface area contributed by atoms with Crippen LogP contribution in [-0.2, 0) is 6.42 Å². The molecular weight excluding hydrogens is 232 g/mol. The van der Waals surface area contributed by atoms with Crippen LogP contribution in [0, 0.1) is 11.3 Å². The highest BCUT2D eigenvalue weighted by Crippen LogP contribution is 2.21. The fourth-order valence-corrected chi connectivity index (χ4v) is 2.02. The lowest BCUT2D eigenvalue weighted by Crippen LogP contribution is -1.83. The fourth-order valence-electron chi connectivity index (χ4n) is 2.02. The van der Waals surface area contributed by atoms with E-state index in [2.05, 4.69) is 24.2 Å². The minimum absolute atomic E-state index is 0. The van der Waals surface area contributed by atoms with Gasteiger partial charge in [0.05, 0.1) is 11.6 Å². The van der Waals surface area contributed by atoms with Crippen LogP contribution in [0.15, 0.2) is 24.4 Å². The molecule has 2 heteroatoms. The minimum Gasteiger partial charge on any atom is -0.361 e. The zero-order valence-electron chi connectivity index (χ0n) is 11.6. The summed E-state index contributed by atoms with van der Waals surface area (Å²) in [6.07, 6.45) is 6.90. The second kappa shape index (κ2) is 9.22. The van der Waals surface area contributed by atoms with Gasteiger partial charge in [0.1, 0.15) is 0 Å². The first-order chi connectivity index (χ1) is 8.85. The monoisotopic (exact) mass is 258 g/mol. The van der Waals surface area contributed by atoms with Crippen molar-refractivity contribution < 1.29 is 0 Å². The predicted octanol–water partition coefficient (Wildman–Crippen LogP) is 5.43. The van der Waals surface area contributed by atoms with E-state index in [9.17, 15) is 0 Å². The first kappa shape index (κ1) is 17.2. The van der Waals surface area contributed by atoms with E-state index in [1.807, 2.05) is 32.0 Å². The van der Waals surface area contributed by atoms with E-state index in [1.165, 1.54) is 30.2 Å². The Labute approximate surface area is 117 Å². The van der Waals surface area contributed by atoms with Crippen LogP contribution >= 0.6 is 0 Å². The van der Waals surface area contributed by atoms with Gasteiger partial charge in [-0.1, -0.05) is 41.0 Å². The molecule has 1 N–H and O–H groups in total. The van der Waals surface area contributed by atoms with E-state index < -0.39 is 0 Å². The Morgan fingerprint density at radius 3 is 2.58 bits per heavy atom. The van der Waals surface area contributed by atoms with E-state index in [0.717, 1.165) is 17.5 Å². The largest absolute Gasteiger partial charge is 0.361 e. The van der Waals surface area contributed by atoms with Gasteiger partial charge in [-0.3, -0.25) is 0 Å². The summed E-state index contributed by atoms with van der Waals surface area (Å²) < 4.78 is 0. The van der Waals surface area contributed by atoms with Gasteiger partial charge in [0.2, 0.25) is 0 Å². The third kappa shape index (κ3) is 4.44. The van der Waals surface area contributed by atoms with Crippen LogP contribution in [0.2, 0.25) is 0 Å². The van der Waals surface area contributed by atoms with Crippen molar-refractivity contribution in [3.8, 4) is 6.07 Å². The predicted molar refractivity (Wildman–Crippen MR) is 84.3 cm³/mol. The zero-order valence-corrected chi connectivity index (χ0v) is 11.6. The van der Waals surface area contributed by atoms with E-state index in [-0.39, 0.29) is 7.43 Å². The Kier molecular flexibility index (Phi) is 8.37. The molecule has 1 aromatic heterocycles. The molecule has 0 aliphatic carbocycles. The quantitative estimate of drug-likeness (QED) is 0.729. The van der Waals surface area contributed by atoms with Crippen molar-refractivity contribution >= 4 is 10.9 Å². The molecule has 0 fully saturated rings. The molecule has 0 spiro atoms. The van der Waals surface area contributed by atoms with Crippen LogP contribution in [0.25, 0.3) is 10.9 Å². The number of nitrogens with zero attached hydrogens (tertiary/aromatic N) is 1. The highest BCUT2D eigenvalue weighted by Gasteiger charge is 2.04. The SMILES string of the molecule is C.CC.CCCCCc1c[nH]c2ccc(C#N)cc12. The molecule has 2 aromatic rings. The molecule has 0 aliphatic rings. The lowest BCUT2D eigenvalue weighted by atomic mass is 10.0. The molecule has 2 rings (SSSR count). The van der Waals surface area contributed by atoms with Gasteiger partial charge >= 0.3 is 0 Å². The molecule has 1 heterocycles. The summed E-state index contributed by atoms with van der Waals surface area (Å²) in [5.74, 6) is 0. The molecule has 0 bridgehead atoms. The molecule has 0 amide bonds. The van der Waals surface area contributed by atoms with Crippen LogP contribution < -0.4 is 0 Å². The summed E-state index contributed by atoms with van der Waals surface area (Å²) in [5, 5.41) is 10.1. The number of hydrogen-bond donors (Lipinski definition) is 1. The topological polar surface area (TPSA) is 39.6 Å². The van der Waals surface area contributed by atoms with E-state index >= 15 is 0 Å². The number of unbranched alkanes of at least 4 members (excludes halogenated alkanes) is 2. The number of hydrogen-bond acceptors (Lipinski definition) is 1. The summed E-state index contributed by atoms with van der Waals surface area (Å²) in [6, 6.07) is 8.01. The standard InChI is InChI=1S/C14H16N2.C2H6.CH4/c1-2-3-4-5-12-10-16-14-7-6-11(9-15)8-13(12)14;1-2;/h6-8,10,16H,2-5H2,1H3;1-2H3;1H4. The van der Waals surface area contributed by atoms with Gasteiger partial charge in [0.25, 0.3) is 0 Å². The normalized spacial score (nSPS) is 9.16. The highest BCUT2D eigenvalue weighted by atomic mass is 14.7. The van der Waals surface area contributed by atoms with Crippen molar-refractivity contribution in [2.24, 2.45) is 0 Å². The first-order valence-electron chi connectivity index (χ1n) is 6.85. The van der Waals surface area contributed by atoms with Gasteiger partial charge in [0, 0.05) is 17.1 Å². The maximum Gasteiger partial charge on any atom is 0.0991 e. The summed E-state index contributed by atoms with van der Waals surface area (Å²) in [7, 11) is 0. The molecule has 0 aliphatic heterocycles. The maximum atomic E-state index is 8.88. The smallest absolute Gasteiger partial charge is 0.0991 e. The Morgan fingerprint density at radius 2 is 1.95 bits per heavy atom. The van der Waals surface area contributed by atoms with Gasteiger partial charge < -0.3 is 4.98 Å². The van der Waals surface area contributed by atoms with Crippen molar-refractivity contribution in [3.63, 3.8) is 0 Å². The highest BCUT2D eigenvalue weighted by molar-refractivity contribution is 5.84. The molecule has 104 valence electrons. The van der Waals surface area contributed by atoms with Crippen LogP contribution in [0.3, 0.4) is 0 Å². The number of aromatic nitrogens is 1. The Morgan fingerprint density at radius 1 is 1.21 bits per heavy atom. The van der Waals surface area contributed by atoms with Crippen molar-refractivity contribution in [3.05, 3.63) is 35.5 Å². The van der Waals surface area contributed by atoms with Gasteiger partial charge in [-0.05, 0) is 36.6 Å². The number of aryl methyl sites for hydroxylation is 1. The number of H-pyrrole nitrogens is 1. The van der Waals surface area contributed by atoms with E-state index in [0.29, 0.717) is 0 Å². The molecule has 0 saturated heterocycles. The third-order valence-corrected chi connectivity index (χ3v) is 2.95. The van der Waals surface area contributed by atoms with Crippen molar-refractivity contribution in [2.45, 2.75) is 53.9 Å². The maximum absolute atomic E-state index is 8.88. The molecular formula is C17H26N2. The zero-order chi connectivity index (χ0) is 13.4. The summed E-state index contributed by atoms with van der Waals surface area (Å²) >= 11 is 0. The van der Waals surface area contributed by atoms with Crippen molar-refractivity contribution in [2.75, 3.05) is 0 Å². The summed E-state index contributed by atoms with van der Waals surface area (Å²) in [4.78, 5) is 3.26. The first-order valence-corrected chi connectivity index (χ1v) is 6.85. The fraction of sp³-hybridized carbons (Fsp3) is 0.471. The van der Waals surface area contributed by atoms with E-state index in [4.69, 9.17) is 5.26 Å². The van der Waals surface area contributed by atoms with Crippen LogP contribution in [0.5, 0.6) is 0 Å². The Bertz CT molecular complexity index is 518. The number of nitrogens with one attached hydrogen (secondary N) is 1. The number of aromatic amines is 1. The van der Waals surface area contributed by atoms with Gasteiger partial charge in [-0.25, -0.2) is 0 Å². The Hall–Kier alpha value is -1.75. The lowest BCUT2D eigenvalue weighted by Gasteiger charge is -1.98. The average molecular weight is 258 g/mol. The summed E-state index contributed by atoms with van der Waals surface area (Å²) in [6.45, 7) is 6.21. The molecule has 1 aromatic carbocycles. The number of benzene rings is 1. The Balaban J connectivity index is 0.00000103. The molecule has 19 heavy (non-hydrogen) atoms. The van der Waals surface area contributed by atoms with Gasteiger partial charge in [0.15, 0.2) is 0 Å². The van der Waals surface area contributed by atoms with E-state index in [1.54, 1.807) is 0 Å². The minimum atomic E-state index is 0. The van der Waals surface area contributed by atoms with Crippen molar-refractivity contribution in [1.29, 1.82) is 5.26 Å². The number of nitriles is 1. The van der Waals surface area contributed by atoms with Gasteiger partial charge in [-0.2, -0.15) is 5.26 Å². The second-order valence-corrected chi connectivity index (χ2v) is 4.14. The number of rotatable bonds is 4. The molecule has 2 nitrogen and oxygen atoms in total. The molecule has 0 unspecified atom stereocenters. The lowest BCUT2D eigenvalue weighted by molar-refractivity contribution is 0.719. The average Bonchev–Trinajstić information content (AvgIpc) is 2.84. The third-order valence-electron chi connectivity index (χ3n) is 2.95. The molecule has 0 saturated carbocycles. The van der Waals surface area contributed by atoms with Crippen LogP contribution in [0.4, 0.5) is 0 Å². The van der Waals surface area contributed by atoms with Crippen molar-refractivity contribution in [1.82, 2.24) is 4.98 Å². The second-order valence-electron chi connectivity index (χ2n) is 4.14. The summed E-state index contributed by atoms with van der Waals surface area (Å²) in [5.41, 5.74) is 3.20. The van der Waals surface area contributed by atoms with Crippen LogP contribution in [0.1, 0.15) is 58.6 Å². The van der Waals surface area contributed by atoms with Gasteiger partial charge in [-0.15, -0.1) is 0 Å². The molecule has 0 atom stereocenters. The molecule has 0 radical (unpaired) electrons. The number of fused-ring (bicyclic) bond motifs is 1. The van der Waals surface area contributed by atoms with Crippen LogP contribution in [-0.4, -0.2) is 4.98 Å².